The maximum absolute atomic E-state index is 9.56. The number of pyridine rings is 1. The van der Waals surface area contributed by atoms with Gasteiger partial charge in [0.05, 0.1) is 16.9 Å². The van der Waals surface area contributed by atoms with Crippen LogP contribution in [0.2, 0.25) is 0 Å². The second-order valence-electron chi connectivity index (χ2n) is 23.4. The quantitative estimate of drug-likeness (QED) is 0.160. The van der Waals surface area contributed by atoms with E-state index in [1.54, 1.807) is 0 Å². The fourth-order valence-electron chi connectivity index (χ4n) is 12.3. The lowest BCUT2D eigenvalue weighted by molar-refractivity contribution is -0.774. The average molecular weight is 940 g/mol. The minimum absolute atomic E-state index is 0.216. The highest BCUT2D eigenvalue weighted by molar-refractivity contribution is 6.03. The molecule has 13 rings (SSSR count). The zero-order valence-corrected chi connectivity index (χ0v) is 42.7. The fraction of sp³-hybridized carbons (Fsp3) is 0.221. The van der Waals surface area contributed by atoms with Gasteiger partial charge in [0, 0.05) is 44.2 Å². The summed E-state index contributed by atoms with van der Waals surface area (Å²) in [5.74, 6) is -0.396. The van der Waals surface area contributed by atoms with E-state index >= 15 is 0 Å². The van der Waals surface area contributed by atoms with Gasteiger partial charge in [0.2, 0.25) is 5.69 Å². The first kappa shape index (κ1) is 41.0. The molecule has 9 aromatic rings. The Labute approximate surface area is 430 Å². The molecule has 2 atom stereocenters. The van der Waals surface area contributed by atoms with Crippen molar-refractivity contribution in [3.8, 4) is 72.6 Å². The third-order valence-electron chi connectivity index (χ3n) is 15.7. The van der Waals surface area contributed by atoms with Crippen molar-refractivity contribution in [1.29, 1.82) is 0 Å². The van der Waals surface area contributed by atoms with Crippen LogP contribution < -0.4 is 19.1 Å². The van der Waals surface area contributed by atoms with Crippen LogP contribution in [-0.4, -0.2) is 0 Å². The Hall–Kier alpha value is -7.69. The molecule has 1 aromatic heterocycles. The maximum atomic E-state index is 9.56. The Bertz CT molecular complexity index is 3810. The molecular weight excluding hydrogens is 875 g/mol. The van der Waals surface area contributed by atoms with Gasteiger partial charge in [0.15, 0.2) is 6.20 Å². The molecule has 0 amide bonds. The van der Waals surface area contributed by atoms with E-state index in [-0.39, 0.29) is 16.2 Å². The summed E-state index contributed by atoms with van der Waals surface area (Å²) < 4.78 is 39.2. The molecule has 5 heterocycles. The van der Waals surface area contributed by atoms with Crippen LogP contribution >= 0.6 is 0 Å². The predicted molar refractivity (Wildman–Crippen MR) is 298 cm³/mol. The van der Waals surface area contributed by atoms with Gasteiger partial charge in [-0.25, -0.2) is 4.90 Å². The minimum atomic E-state index is -2.50. The lowest BCUT2D eigenvalue weighted by atomic mass is 9.77. The van der Waals surface area contributed by atoms with Crippen molar-refractivity contribution in [2.24, 2.45) is 0 Å². The molecule has 0 saturated carbocycles. The Morgan fingerprint density at radius 2 is 1.14 bits per heavy atom. The molecule has 4 heteroatoms. The standard InChI is InChI=1S/C68H62N3O/c1-42-36-47(60-50(45-26-18-13-19-27-45)28-20-30-55(60)66(5,6)7)32-33-57(42)70-58-31-21-29-51-52-37-48(44-24-16-12-17-25-44)38-53-59-39-46(43-22-14-11-15-23-43)34-35-69(59)68(61(52)53)71(62(51)58)64(70)54-40-49(65(2,3)4)41-56(63(54)72-68)67(8,9)10/h11-41,64H,1-10H3/q+1/i1D3. The number of fused-ring (bicyclic) bond motifs is 5. The van der Waals surface area contributed by atoms with Gasteiger partial charge in [-0.2, -0.15) is 0 Å². The summed E-state index contributed by atoms with van der Waals surface area (Å²) in [5.41, 5.74) is 20.5. The van der Waals surface area contributed by atoms with Crippen LogP contribution in [0.1, 0.15) is 106 Å². The van der Waals surface area contributed by atoms with Crippen molar-refractivity contribution >= 4 is 17.1 Å². The summed E-state index contributed by atoms with van der Waals surface area (Å²) >= 11 is 0. The van der Waals surface area contributed by atoms with Crippen molar-refractivity contribution in [2.45, 2.75) is 97.4 Å². The minimum Gasteiger partial charge on any atom is -0.410 e. The molecular formula is C68H62N3O+. The molecule has 2 unspecified atom stereocenters. The van der Waals surface area contributed by atoms with Gasteiger partial charge in [-0.15, -0.1) is 4.57 Å². The number of nitrogens with zero attached hydrogens (tertiary/aromatic N) is 3. The first-order chi connectivity index (χ1) is 35.7. The zero-order chi connectivity index (χ0) is 52.1. The lowest BCUT2D eigenvalue weighted by Gasteiger charge is -2.49. The van der Waals surface area contributed by atoms with Crippen LogP contribution in [0.25, 0.3) is 66.9 Å². The molecule has 1 spiro atoms. The van der Waals surface area contributed by atoms with Gasteiger partial charge >= 0.3 is 5.85 Å². The van der Waals surface area contributed by atoms with Gasteiger partial charge in [0.1, 0.15) is 17.5 Å². The molecule has 4 aliphatic rings. The SMILES string of the molecule is [2H]C([2H])([2H])c1cc(-c2c(-c3ccccc3)cccc2C(C)(C)C)ccc1N1c2cccc3c2N2C1c1cc(C(C)(C)C)cc(C(C)(C)C)c1OC21c2c-3cc(-c3ccccc3)cc2-c2cc(-c3ccccc3)cc[n+]21. The number of hydrogen-bond acceptors (Lipinski definition) is 3. The highest BCUT2D eigenvalue weighted by Gasteiger charge is 2.70. The molecule has 8 aromatic carbocycles. The van der Waals surface area contributed by atoms with Crippen molar-refractivity contribution in [3.05, 3.63) is 222 Å². The van der Waals surface area contributed by atoms with Crippen LogP contribution in [0.5, 0.6) is 5.75 Å². The summed E-state index contributed by atoms with van der Waals surface area (Å²) in [6.45, 7) is 17.9. The smallest absolute Gasteiger partial charge is 0.410 e. The summed E-state index contributed by atoms with van der Waals surface area (Å²) in [6, 6.07) is 65.0. The average Bonchev–Trinajstić information content (AvgIpc) is 4.04. The molecule has 354 valence electrons. The molecule has 0 fully saturated rings. The topological polar surface area (TPSA) is 19.6 Å². The summed E-state index contributed by atoms with van der Waals surface area (Å²) in [4.78, 5) is 4.85. The van der Waals surface area contributed by atoms with E-state index in [0.717, 1.165) is 106 Å². The van der Waals surface area contributed by atoms with Gasteiger partial charge in [-0.05, 0) is 121 Å². The highest BCUT2D eigenvalue weighted by Crippen LogP contribution is 2.68. The third kappa shape index (κ3) is 6.40. The van der Waals surface area contributed by atoms with Crippen LogP contribution in [0.4, 0.5) is 17.1 Å². The first-order valence-electron chi connectivity index (χ1n) is 27.0. The molecule has 4 aliphatic heterocycles. The normalized spacial score (nSPS) is 17.8. The number of benzene rings is 8. The van der Waals surface area contributed by atoms with Crippen molar-refractivity contribution in [1.82, 2.24) is 0 Å². The molecule has 0 N–H and O–H groups in total. The third-order valence-corrected chi connectivity index (χ3v) is 15.7. The van der Waals surface area contributed by atoms with Crippen molar-refractivity contribution in [2.75, 3.05) is 9.80 Å². The molecule has 72 heavy (non-hydrogen) atoms. The summed E-state index contributed by atoms with van der Waals surface area (Å²) in [7, 11) is 0. The Morgan fingerprint density at radius 3 is 1.81 bits per heavy atom. The van der Waals surface area contributed by atoms with E-state index in [0.29, 0.717) is 11.3 Å². The van der Waals surface area contributed by atoms with E-state index in [1.165, 1.54) is 5.56 Å². The Balaban J connectivity index is 1.15. The van der Waals surface area contributed by atoms with Crippen molar-refractivity contribution in [3.63, 3.8) is 0 Å². The van der Waals surface area contributed by atoms with E-state index in [2.05, 4.69) is 253 Å². The van der Waals surface area contributed by atoms with Crippen LogP contribution in [0, 0.1) is 6.85 Å². The number of anilines is 3. The monoisotopic (exact) mass is 940 g/mol. The van der Waals surface area contributed by atoms with Crippen molar-refractivity contribution < 1.29 is 13.4 Å². The van der Waals surface area contributed by atoms with Gasteiger partial charge in [-0.3, -0.25) is 0 Å². The van der Waals surface area contributed by atoms with Crippen LogP contribution in [-0.2, 0) is 22.1 Å². The molecule has 0 saturated heterocycles. The van der Waals surface area contributed by atoms with Gasteiger partial charge in [-0.1, -0.05) is 196 Å². The maximum Gasteiger partial charge on any atom is 0.432 e. The molecule has 0 radical (unpaired) electrons. The Morgan fingerprint density at radius 1 is 0.500 bits per heavy atom. The number of aryl methyl sites for hydroxylation is 1. The number of aromatic nitrogens is 1. The zero-order valence-electron chi connectivity index (χ0n) is 45.7. The second kappa shape index (κ2) is 15.4. The largest absolute Gasteiger partial charge is 0.432 e. The van der Waals surface area contributed by atoms with Gasteiger partial charge in [0.25, 0.3) is 0 Å². The first-order valence-corrected chi connectivity index (χ1v) is 25.5. The highest BCUT2D eigenvalue weighted by atomic mass is 16.5. The van der Waals surface area contributed by atoms with E-state index in [1.807, 2.05) is 12.1 Å². The summed E-state index contributed by atoms with van der Waals surface area (Å²) in [6.07, 6.45) is 1.69. The van der Waals surface area contributed by atoms with Gasteiger partial charge < -0.3 is 9.64 Å². The molecule has 4 nitrogen and oxygen atoms in total. The number of ether oxygens (including phenoxy) is 1. The molecule has 0 bridgehead atoms. The fourth-order valence-corrected chi connectivity index (χ4v) is 12.3. The summed E-state index contributed by atoms with van der Waals surface area (Å²) in [5, 5.41) is 0. The lowest BCUT2D eigenvalue weighted by Crippen LogP contribution is -2.71. The predicted octanol–water partition coefficient (Wildman–Crippen LogP) is 17.2. The number of rotatable bonds is 5. The van der Waals surface area contributed by atoms with E-state index < -0.39 is 18.9 Å². The van der Waals surface area contributed by atoms with E-state index in [4.69, 9.17) is 4.74 Å². The van der Waals surface area contributed by atoms with E-state index in [9.17, 15) is 4.11 Å². The number of para-hydroxylation sites is 1. The second-order valence-corrected chi connectivity index (χ2v) is 23.4. The Kier molecular flexibility index (Phi) is 8.77. The van der Waals surface area contributed by atoms with Crippen LogP contribution in [0.15, 0.2) is 188 Å². The number of hydrogen-bond donors (Lipinski definition) is 0. The van der Waals surface area contributed by atoms with Crippen LogP contribution in [0.3, 0.4) is 0 Å². The molecule has 0 aliphatic carbocycles.